The first-order valence-corrected chi connectivity index (χ1v) is 5.20. The first-order valence-electron chi connectivity index (χ1n) is 3.64. The summed E-state index contributed by atoms with van der Waals surface area (Å²) in [5, 5.41) is 2.43. The number of hydrogen-bond acceptors (Lipinski definition) is 3. The van der Waals surface area contributed by atoms with E-state index in [1.54, 1.807) is 20.1 Å². The monoisotopic (exact) mass is 192 g/mol. The van der Waals surface area contributed by atoms with E-state index in [0.29, 0.717) is 0 Å². The van der Waals surface area contributed by atoms with E-state index < -0.39 is 21.6 Å². The largest absolute Gasteiger partial charge is 0.358 e. The Bertz CT molecular complexity index is 204. The number of amides is 1. The van der Waals surface area contributed by atoms with Gasteiger partial charge >= 0.3 is 0 Å². The topological polar surface area (TPSA) is 72.2 Å². The second-order valence-corrected chi connectivity index (χ2v) is 5.11. The Balaban J connectivity index is 4.56. The third-order valence-electron chi connectivity index (χ3n) is 2.02. The predicted octanol–water partition coefficient (Wildman–Crippen LogP) is -0.783. The zero-order valence-corrected chi connectivity index (χ0v) is 8.70. The molecule has 0 rings (SSSR count). The first kappa shape index (κ1) is 11.6. The molecule has 0 aliphatic heterocycles. The van der Waals surface area contributed by atoms with Crippen LogP contribution in [0.3, 0.4) is 0 Å². The molecule has 0 aliphatic carbocycles. The van der Waals surface area contributed by atoms with Gasteiger partial charge in [0, 0.05) is 24.1 Å². The van der Waals surface area contributed by atoms with Gasteiger partial charge in [0.25, 0.3) is 0 Å². The normalized spacial score (nSPS) is 16.8. The van der Waals surface area contributed by atoms with Gasteiger partial charge in [0.05, 0.1) is 4.75 Å². The number of likely N-dealkylation sites (N-methyl/N-ethyl adjacent to an activating group) is 1. The molecule has 0 aromatic carbocycles. The molecule has 0 aromatic heterocycles. The molecule has 0 aliphatic rings. The summed E-state index contributed by atoms with van der Waals surface area (Å²) in [6, 6.07) is -0.728. The molecule has 2 atom stereocenters. The molecule has 0 bridgehead atoms. The summed E-state index contributed by atoms with van der Waals surface area (Å²) in [5.41, 5.74) is 5.60. The van der Waals surface area contributed by atoms with E-state index >= 15 is 0 Å². The second-order valence-electron chi connectivity index (χ2n) is 3.15. The van der Waals surface area contributed by atoms with Crippen LogP contribution in [-0.4, -0.2) is 34.2 Å². The molecule has 0 saturated carbocycles. The third kappa shape index (κ3) is 2.28. The van der Waals surface area contributed by atoms with Crippen molar-refractivity contribution in [1.82, 2.24) is 5.32 Å². The zero-order chi connectivity index (χ0) is 9.94. The van der Waals surface area contributed by atoms with Crippen LogP contribution in [0.15, 0.2) is 0 Å². The van der Waals surface area contributed by atoms with Crippen molar-refractivity contribution in [3.05, 3.63) is 0 Å². The highest BCUT2D eigenvalue weighted by Gasteiger charge is 2.34. The molecule has 0 saturated heterocycles. The highest BCUT2D eigenvalue weighted by Crippen LogP contribution is 2.14. The van der Waals surface area contributed by atoms with Crippen LogP contribution in [0.25, 0.3) is 0 Å². The second kappa shape index (κ2) is 4.00. The highest BCUT2D eigenvalue weighted by molar-refractivity contribution is 7.85. The fraction of sp³-hybridized carbons (Fsp3) is 0.857. The van der Waals surface area contributed by atoms with Crippen molar-refractivity contribution in [2.24, 2.45) is 5.73 Å². The molecule has 0 heterocycles. The third-order valence-corrected chi connectivity index (χ3v) is 3.75. The van der Waals surface area contributed by atoms with E-state index in [1.165, 1.54) is 7.05 Å². The van der Waals surface area contributed by atoms with Crippen LogP contribution in [0, 0.1) is 0 Å². The standard InChI is InChI=1S/C7H16N2O2S/c1-7(2,12(4)11)5(8)6(10)9-3/h5H,8H2,1-4H3,(H,9,10)/t5-,12?/m1/s1. The molecule has 1 unspecified atom stereocenters. The number of hydrogen-bond donors (Lipinski definition) is 2. The van der Waals surface area contributed by atoms with E-state index in [-0.39, 0.29) is 5.91 Å². The van der Waals surface area contributed by atoms with Gasteiger partial charge in [-0.3, -0.25) is 9.00 Å². The van der Waals surface area contributed by atoms with E-state index in [1.807, 2.05) is 0 Å². The number of nitrogens with two attached hydrogens (primary N) is 1. The molecule has 4 nitrogen and oxygen atoms in total. The average Bonchev–Trinajstić information content (AvgIpc) is 2.01. The molecule has 12 heavy (non-hydrogen) atoms. The van der Waals surface area contributed by atoms with E-state index in [4.69, 9.17) is 5.73 Å². The Morgan fingerprint density at radius 2 is 2.00 bits per heavy atom. The van der Waals surface area contributed by atoms with Gasteiger partial charge in [-0.05, 0) is 13.8 Å². The molecular formula is C7H16N2O2S. The Hall–Kier alpha value is -0.420. The molecule has 3 N–H and O–H groups in total. The number of carbonyl (C=O) groups excluding carboxylic acids is 1. The Morgan fingerprint density at radius 3 is 2.25 bits per heavy atom. The lowest BCUT2D eigenvalue weighted by atomic mass is 10.0. The minimum Gasteiger partial charge on any atom is -0.358 e. The van der Waals surface area contributed by atoms with Gasteiger partial charge in [0.2, 0.25) is 5.91 Å². The van der Waals surface area contributed by atoms with Gasteiger partial charge in [0.15, 0.2) is 0 Å². The Morgan fingerprint density at radius 1 is 1.58 bits per heavy atom. The van der Waals surface area contributed by atoms with Gasteiger partial charge in [-0.15, -0.1) is 0 Å². The SMILES string of the molecule is CNC(=O)[C@@H](N)C(C)(C)S(C)=O. The van der Waals surface area contributed by atoms with Crippen molar-refractivity contribution in [1.29, 1.82) is 0 Å². The van der Waals surface area contributed by atoms with Gasteiger partial charge in [-0.2, -0.15) is 0 Å². The molecule has 0 fully saturated rings. The minimum absolute atomic E-state index is 0.282. The Kier molecular flexibility index (Phi) is 3.86. The molecule has 72 valence electrons. The summed E-state index contributed by atoms with van der Waals surface area (Å²) in [7, 11) is 0.397. The van der Waals surface area contributed by atoms with Crippen molar-refractivity contribution in [3.63, 3.8) is 0 Å². The van der Waals surface area contributed by atoms with E-state index in [2.05, 4.69) is 5.32 Å². The van der Waals surface area contributed by atoms with Gasteiger partial charge in [-0.25, -0.2) is 0 Å². The maximum Gasteiger partial charge on any atom is 0.238 e. The maximum atomic E-state index is 11.2. The van der Waals surface area contributed by atoms with Gasteiger partial charge < -0.3 is 11.1 Å². The number of nitrogens with one attached hydrogen (secondary N) is 1. The summed E-state index contributed by atoms with van der Waals surface area (Å²) in [6.45, 7) is 3.42. The van der Waals surface area contributed by atoms with Crippen LogP contribution in [-0.2, 0) is 15.6 Å². The van der Waals surface area contributed by atoms with Crippen LogP contribution in [0.1, 0.15) is 13.8 Å². The molecule has 0 aromatic rings. The smallest absolute Gasteiger partial charge is 0.238 e. The fourth-order valence-corrected chi connectivity index (χ4v) is 1.11. The fourth-order valence-electron chi connectivity index (χ4n) is 0.650. The molecule has 5 heteroatoms. The van der Waals surface area contributed by atoms with Gasteiger partial charge in [-0.1, -0.05) is 0 Å². The van der Waals surface area contributed by atoms with Crippen LogP contribution < -0.4 is 11.1 Å². The lowest BCUT2D eigenvalue weighted by Crippen LogP contribution is -2.54. The highest BCUT2D eigenvalue weighted by atomic mass is 32.2. The number of rotatable bonds is 3. The predicted molar refractivity (Wildman–Crippen MR) is 50.2 cm³/mol. The minimum atomic E-state index is -1.11. The maximum absolute atomic E-state index is 11.2. The molecule has 1 amide bonds. The van der Waals surface area contributed by atoms with E-state index in [9.17, 15) is 9.00 Å². The van der Waals surface area contributed by atoms with Crippen molar-refractivity contribution in [3.8, 4) is 0 Å². The van der Waals surface area contributed by atoms with Crippen molar-refractivity contribution < 1.29 is 9.00 Å². The van der Waals surface area contributed by atoms with Crippen molar-refractivity contribution in [2.45, 2.75) is 24.6 Å². The van der Waals surface area contributed by atoms with Gasteiger partial charge in [0.1, 0.15) is 6.04 Å². The van der Waals surface area contributed by atoms with Crippen molar-refractivity contribution >= 4 is 16.7 Å². The summed E-state index contributed by atoms with van der Waals surface area (Å²) in [4.78, 5) is 11.1. The molecule has 0 spiro atoms. The first-order chi connectivity index (χ1) is 5.34. The zero-order valence-electron chi connectivity index (χ0n) is 7.88. The lowest BCUT2D eigenvalue weighted by Gasteiger charge is -2.27. The Labute approximate surface area is 75.4 Å². The summed E-state index contributed by atoms with van der Waals surface area (Å²) >= 11 is 0. The summed E-state index contributed by atoms with van der Waals surface area (Å²) < 4.78 is 10.5. The van der Waals surface area contributed by atoms with Crippen LogP contribution in [0.2, 0.25) is 0 Å². The van der Waals surface area contributed by atoms with E-state index in [0.717, 1.165) is 0 Å². The van der Waals surface area contributed by atoms with Crippen LogP contribution in [0.4, 0.5) is 0 Å². The van der Waals surface area contributed by atoms with Crippen molar-refractivity contribution in [2.75, 3.05) is 13.3 Å². The molecule has 0 radical (unpaired) electrons. The molecular weight excluding hydrogens is 176 g/mol. The summed E-state index contributed by atoms with van der Waals surface area (Å²) in [5.74, 6) is -0.282. The average molecular weight is 192 g/mol. The summed E-state index contributed by atoms with van der Waals surface area (Å²) in [6.07, 6.45) is 1.54. The quantitative estimate of drug-likeness (QED) is 0.616. The lowest BCUT2D eigenvalue weighted by molar-refractivity contribution is -0.122. The van der Waals surface area contributed by atoms with Crippen LogP contribution in [0.5, 0.6) is 0 Å². The van der Waals surface area contributed by atoms with Crippen LogP contribution >= 0.6 is 0 Å². The number of carbonyl (C=O) groups is 1.